The Balaban J connectivity index is 2.49. The molecule has 5 heteroatoms. The largest absolute Gasteiger partial charge is 0.460 e. The summed E-state index contributed by atoms with van der Waals surface area (Å²) in [5, 5.41) is 0. The van der Waals surface area contributed by atoms with Gasteiger partial charge in [-0.15, -0.1) is 0 Å². The summed E-state index contributed by atoms with van der Waals surface area (Å²) in [6.07, 6.45) is 3.29. The van der Waals surface area contributed by atoms with Gasteiger partial charge in [0.2, 0.25) is 0 Å². The van der Waals surface area contributed by atoms with Crippen molar-refractivity contribution >= 4 is 15.9 Å². The van der Waals surface area contributed by atoms with Crippen LogP contribution in [0.15, 0.2) is 32.1 Å². The molecular weight excluding hydrogens is 272 g/mol. The van der Waals surface area contributed by atoms with Gasteiger partial charge in [-0.3, -0.25) is 4.79 Å². The molecule has 16 heavy (non-hydrogen) atoms. The van der Waals surface area contributed by atoms with Crippen LogP contribution in [-0.2, 0) is 6.42 Å². The van der Waals surface area contributed by atoms with Crippen LogP contribution in [0, 0.1) is 0 Å². The normalized spacial score (nSPS) is 10.6. The minimum absolute atomic E-state index is 0.156. The Bertz CT molecular complexity index is 545. The highest BCUT2D eigenvalue weighted by molar-refractivity contribution is 9.10. The van der Waals surface area contributed by atoms with Crippen molar-refractivity contribution < 1.29 is 4.42 Å². The molecule has 2 heterocycles. The molecule has 2 aromatic heterocycles. The van der Waals surface area contributed by atoms with Gasteiger partial charge >= 0.3 is 0 Å². The van der Waals surface area contributed by atoms with E-state index in [-0.39, 0.29) is 5.56 Å². The maximum atomic E-state index is 11.4. The van der Waals surface area contributed by atoms with Crippen molar-refractivity contribution in [2.24, 2.45) is 0 Å². The third-order valence-corrected chi connectivity index (χ3v) is 2.76. The van der Waals surface area contributed by atoms with E-state index in [1.807, 2.05) is 6.92 Å². The van der Waals surface area contributed by atoms with E-state index in [0.29, 0.717) is 11.6 Å². The number of aromatic amines is 1. The van der Waals surface area contributed by atoms with Gasteiger partial charge < -0.3 is 9.40 Å². The second kappa shape index (κ2) is 4.65. The van der Waals surface area contributed by atoms with Crippen molar-refractivity contribution in [1.82, 2.24) is 9.97 Å². The molecule has 0 amide bonds. The number of rotatable bonds is 3. The van der Waals surface area contributed by atoms with Crippen molar-refractivity contribution in [3.63, 3.8) is 0 Å². The van der Waals surface area contributed by atoms with Gasteiger partial charge in [0.05, 0.1) is 10.7 Å². The number of hydrogen-bond donors (Lipinski definition) is 1. The Morgan fingerprint density at radius 3 is 3.00 bits per heavy atom. The van der Waals surface area contributed by atoms with Gasteiger partial charge in [-0.1, -0.05) is 13.3 Å². The summed E-state index contributed by atoms with van der Waals surface area (Å²) in [6.45, 7) is 2.05. The number of nitrogens with zero attached hydrogens (tertiary/aromatic N) is 1. The van der Waals surface area contributed by atoms with Crippen LogP contribution < -0.4 is 5.56 Å². The summed E-state index contributed by atoms with van der Waals surface area (Å²) in [4.78, 5) is 18.4. The second-order valence-corrected chi connectivity index (χ2v) is 4.29. The molecule has 0 bridgehead atoms. The standard InChI is InChI=1S/C11H11BrN2O2/c1-2-3-7-6-9(15)14-11(13-7)10-8(12)4-5-16-10/h4-6H,2-3H2,1H3,(H,13,14,15). The zero-order chi connectivity index (χ0) is 11.5. The molecule has 0 unspecified atom stereocenters. The lowest BCUT2D eigenvalue weighted by molar-refractivity contribution is 0.575. The molecule has 0 fully saturated rings. The van der Waals surface area contributed by atoms with Gasteiger partial charge in [0.15, 0.2) is 11.6 Å². The van der Waals surface area contributed by atoms with Crippen LogP contribution in [0.1, 0.15) is 19.0 Å². The third kappa shape index (κ3) is 2.24. The Morgan fingerprint density at radius 2 is 2.38 bits per heavy atom. The van der Waals surface area contributed by atoms with E-state index >= 15 is 0 Å². The van der Waals surface area contributed by atoms with Crippen molar-refractivity contribution in [2.45, 2.75) is 19.8 Å². The summed E-state index contributed by atoms with van der Waals surface area (Å²) in [7, 11) is 0. The molecule has 0 spiro atoms. The summed E-state index contributed by atoms with van der Waals surface area (Å²) in [6, 6.07) is 3.28. The maximum absolute atomic E-state index is 11.4. The molecule has 0 saturated carbocycles. The van der Waals surface area contributed by atoms with Crippen LogP contribution in [0.25, 0.3) is 11.6 Å². The van der Waals surface area contributed by atoms with Crippen molar-refractivity contribution in [2.75, 3.05) is 0 Å². The Hall–Kier alpha value is -1.36. The fourth-order valence-corrected chi connectivity index (χ4v) is 1.85. The molecule has 0 aliphatic heterocycles. The average molecular weight is 283 g/mol. The molecule has 84 valence electrons. The number of nitrogens with one attached hydrogen (secondary N) is 1. The first-order chi connectivity index (χ1) is 7.70. The van der Waals surface area contributed by atoms with Gasteiger partial charge in [0, 0.05) is 11.8 Å². The first-order valence-corrected chi connectivity index (χ1v) is 5.83. The highest BCUT2D eigenvalue weighted by Gasteiger charge is 2.10. The van der Waals surface area contributed by atoms with Crippen LogP contribution in [0.5, 0.6) is 0 Å². The first-order valence-electron chi connectivity index (χ1n) is 5.04. The molecule has 0 atom stereocenters. The predicted octanol–water partition coefficient (Wildman–Crippen LogP) is 2.74. The highest BCUT2D eigenvalue weighted by atomic mass is 79.9. The molecule has 1 N–H and O–H groups in total. The van der Waals surface area contributed by atoms with Crippen molar-refractivity contribution in [1.29, 1.82) is 0 Å². The molecule has 0 aromatic carbocycles. The van der Waals surface area contributed by atoms with E-state index in [1.54, 1.807) is 12.3 Å². The van der Waals surface area contributed by atoms with E-state index < -0.39 is 0 Å². The lowest BCUT2D eigenvalue weighted by Crippen LogP contribution is -2.10. The van der Waals surface area contributed by atoms with Gasteiger partial charge in [-0.2, -0.15) is 0 Å². The zero-order valence-electron chi connectivity index (χ0n) is 8.79. The smallest absolute Gasteiger partial charge is 0.251 e. The van der Waals surface area contributed by atoms with Crippen molar-refractivity contribution in [3.05, 3.63) is 38.9 Å². The number of halogens is 1. The van der Waals surface area contributed by atoms with Gasteiger partial charge in [0.1, 0.15) is 0 Å². The van der Waals surface area contributed by atoms with E-state index in [4.69, 9.17) is 4.42 Å². The van der Waals surface area contributed by atoms with Crippen LogP contribution in [0.2, 0.25) is 0 Å². The fourth-order valence-electron chi connectivity index (χ4n) is 1.46. The summed E-state index contributed by atoms with van der Waals surface area (Å²) in [5.41, 5.74) is 0.626. The number of furan rings is 1. The van der Waals surface area contributed by atoms with E-state index in [1.165, 1.54) is 6.07 Å². The number of hydrogen-bond acceptors (Lipinski definition) is 3. The van der Waals surface area contributed by atoms with E-state index in [0.717, 1.165) is 23.0 Å². The summed E-state index contributed by atoms with van der Waals surface area (Å²) < 4.78 is 6.04. The molecule has 2 aromatic rings. The minimum Gasteiger partial charge on any atom is -0.460 e. The Kier molecular flexibility index (Phi) is 3.24. The number of H-pyrrole nitrogens is 1. The molecular formula is C11H11BrN2O2. The Labute approximate surface area is 101 Å². The molecule has 0 aliphatic rings. The van der Waals surface area contributed by atoms with Crippen LogP contribution in [0.4, 0.5) is 0 Å². The van der Waals surface area contributed by atoms with Crippen LogP contribution in [0.3, 0.4) is 0 Å². The highest BCUT2D eigenvalue weighted by Crippen LogP contribution is 2.25. The number of aromatic nitrogens is 2. The lowest BCUT2D eigenvalue weighted by Gasteiger charge is -2.01. The molecule has 0 radical (unpaired) electrons. The lowest BCUT2D eigenvalue weighted by atomic mass is 10.2. The fraction of sp³-hybridized carbons (Fsp3) is 0.273. The monoisotopic (exact) mass is 282 g/mol. The van der Waals surface area contributed by atoms with Crippen LogP contribution >= 0.6 is 15.9 Å². The van der Waals surface area contributed by atoms with Gasteiger partial charge in [-0.25, -0.2) is 4.98 Å². The average Bonchev–Trinajstić information content (AvgIpc) is 2.64. The quantitative estimate of drug-likeness (QED) is 0.942. The minimum atomic E-state index is -0.156. The summed E-state index contributed by atoms with van der Waals surface area (Å²) >= 11 is 3.34. The molecule has 2 rings (SSSR count). The second-order valence-electron chi connectivity index (χ2n) is 3.43. The summed E-state index contributed by atoms with van der Waals surface area (Å²) in [5.74, 6) is 1.02. The molecule has 4 nitrogen and oxygen atoms in total. The van der Waals surface area contributed by atoms with Crippen molar-refractivity contribution in [3.8, 4) is 11.6 Å². The zero-order valence-corrected chi connectivity index (χ0v) is 10.4. The number of aryl methyl sites for hydroxylation is 1. The van der Waals surface area contributed by atoms with E-state index in [2.05, 4.69) is 25.9 Å². The maximum Gasteiger partial charge on any atom is 0.251 e. The van der Waals surface area contributed by atoms with E-state index in [9.17, 15) is 4.79 Å². The molecule has 0 aliphatic carbocycles. The molecule has 0 saturated heterocycles. The van der Waals surface area contributed by atoms with Gasteiger partial charge in [-0.05, 0) is 28.4 Å². The topological polar surface area (TPSA) is 58.9 Å². The Morgan fingerprint density at radius 1 is 1.56 bits per heavy atom. The van der Waals surface area contributed by atoms with Crippen LogP contribution in [-0.4, -0.2) is 9.97 Å². The first kappa shape index (κ1) is 11.1. The van der Waals surface area contributed by atoms with Gasteiger partial charge in [0.25, 0.3) is 5.56 Å². The SMILES string of the molecule is CCCc1cc(=O)[nH]c(-c2occc2Br)n1. The predicted molar refractivity (Wildman–Crippen MR) is 64.3 cm³/mol. The third-order valence-electron chi connectivity index (χ3n) is 2.13.